The molecule has 2 rings (SSSR count). The number of thioether (sulfide) groups is 1. The lowest BCUT2D eigenvalue weighted by atomic mass is 10.1. The lowest BCUT2D eigenvalue weighted by Gasteiger charge is -2.16. The summed E-state index contributed by atoms with van der Waals surface area (Å²) in [5.41, 5.74) is 7.77. The molecule has 8 heteroatoms. The van der Waals surface area contributed by atoms with Crippen molar-refractivity contribution in [2.45, 2.75) is 12.5 Å². The Morgan fingerprint density at radius 1 is 1.04 bits per heavy atom. The summed E-state index contributed by atoms with van der Waals surface area (Å²) in [4.78, 5) is 35.1. The number of urea groups is 1. The summed E-state index contributed by atoms with van der Waals surface area (Å²) in [5.74, 6) is -0.522. The second-order valence-electron chi connectivity index (χ2n) is 5.94. The highest BCUT2D eigenvalue weighted by Gasteiger charge is 2.21. The number of rotatable bonds is 9. The van der Waals surface area contributed by atoms with Crippen molar-refractivity contribution in [3.05, 3.63) is 54.6 Å². The van der Waals surface area contributed by atoms with Gasteiger partial charge in [-0.1, -0.05) is 42.5 Å². The number of carbonyl (C=O) groups is 3. The van der Waals surface area contributed by atoms with Gasteiger partial charge in [0.2, 0.25) is 0 Å². The first kappa shape index (κ1) is 21.3. The fraction of sp³-hybridized carbons (Fsp3) is 0.250. The van der Waals surface area contributed by atoms with Gasteiger partial charge >= 0.3 is 12.0 Å². The van der Waals surface area contributed by atoms with Crippen molar-refractivity contribution in [2.75, 3.05) is 23.9 Å². The molecular formula is C20H23N3O4S. The predicted molar refractivity (Wildman–Crippen MR) is 111 cm³/mol. The highest BCUT2D eigenvalue weighted by atomic mass is 32.2. The van der Waals surface area contributed by atoms with Gasteiger partial charge in [0.15, 0.2) is 6.61 Å². The van der Waals surface area contributed by atoms with Crippen LogP contribution in [0.15, 0.2) is 54.6 Å². The molecule has 3 amide bonds. The third-order valence-electron chi connectivity index (χ3n) is 3.83. The molecule has 0 saturated carbocycles. The number of hydrogen-bond donors (Lipinski definition) is 3. The van der Waals surface area contributed by atoms with Crippen LogP contribution in [0.2, 0.25) is 0 Å². The Morgan fingerprint density at radius 3 is 2.29 bits per heavy atom. The van der Waals surface area contributed by atoms with Gasteiger partial charge in [0.05, 0.1) is 0 Å². The molecule has 2 aromatic rings. The third-order valence-corrected chi connectivity index (χ3v) is 4.48. The van der Waals surface area contributed by atoms with Gasteiger partial charge in [-0.15, -0.1) is 0 Å². The molecule has 28 heavy (non-hydrogen) atoms. The van der Waals surface area contributed by atoms with Crippen LogP contribution in [0.1, 0.15) is 6.42 Å². The Hall–Kier alpha value is -3.00. The molecule has 0 spiro atoms. The van der Waals surface area contributed by atoms with Crippen molar-refractivity contribution in [2.24, 2.45) is 5.73 Å². The molecule has 0 aliphatic rings. The first-order chi connectivity index (χ1) is 13.5. The zero-order valence-corrected chi connectivity index (χ0v) is 16.3. The maximum atomic E-state index is 12.1. The van der Waals surface area contributed by atoms with Crippen molar-refractivity contribution in [1.82, 2.24) is 5.32 Å². The van der Waals surface area contributed by atoms with Crippen LogP contribution in [0.4, 0.5) is 10.5 Å². The van der Waals surface area contributed by atoms with Crippen LogP contribution >= 0.6 is 11.8 Å². The molecule has 0 aliphatic heterocycles. The normalized spacial score (nSPS) is 11.3. The maximum absolute atomic E-state index is 12.1. The number of esters is 1. The number of carbonyl (C=O) groups excluding carboxylic acids is 3. The molecule has 0 fully saturated rings. The van der Waals surface area contributed by atoms with Gasteiger partial charge in [0.1, 0.15) is 6.04 Å². The third kappa shape index (κ3) is 6.96. The number of primary amides is 1. The summed E-state index contributed by atoms with van der Waals surface area (Å²) >= 11 is 1.52. The topological polar surface area (TPSA) is 111 Å². The van der Waals surface area contributed by atoms with E-state index in [0.717, 1.165) is 11.1 Å². The zero-order chi connectivity index (χ0) is 20.4. The minimum Gasteiger partial charge on any atom is -0.454 e. The van der Waals surface area contributed by atoms with Crippen LogP contribution in [0.3, 0.4) is 0 Å². The Morgan fingerprint density at radius 2 is 1.68 bits per heavy atom. The summed E-state index contributed by atoms with van der Waals surface area (Å²) in [6, 6.07) is 15.5. The first-order valence-electron chi connectivity index (χ1n) is 8.66. The molecule has 0 saturated heterocycles. The molecule has 0 aromatic heterocycles. The van der Waals surface area contributed by atoms with Crippen LogP contribution in [0.5, 0.6) is 0 Å². The predicted octanol–water partition coefficient (Wildman–Crippen LogP) is 2.63. The van der Waals surface area contributed by atoms with Crippen LogP contribution in [0, 0.1) is 0 Å². The van der Waals surface area contributed by atoms with Gasteiger partial charge in [0.25, 0.3) is 5.91 Å². The average molecular weight is 401 g/mol. The van der Waals surface area contributed by atoms with Gasteiger partial charge in [-0.25, -0.2) is 9.59 Å². The van der Waals surface area contributed by atoms with Gasteiger partial charge in [0, 0.05) is 5.69 Å². The maximum Gasteiger partial charge on any atom is 0.329 e. The Kier molecular flexibility index (Phi) is 8.36. The van der Waals surface area contributed by atoms with Crippen LogP contribution in [-0.4, -0.2) is 42.6 Å². The van der Waals surface area contributed by atoms with Gasteiger partial charge in [-0.2, -0.15) is 11.8 Å². The van der Waals surface area contributed by atoms with Gasteiger partial charge in [-0.05, 0) is 41.7 Å². The number of amides is 3. The molecule has 0 radical (unpaired) electrons. The van der Waals surface area contributed by atoms with E-state index < -0.39 is 30.6 Å². The van der Waals surface area contributed by atoms with E-state index in [2.05, 4.69) is 10.6 Å². The van der Waals surface area contributed by atoms with Crippen molar-refractivity contribution >= 4 is 35.4 Å². The number of ether oxygens (including phenoxy) is 1. The molecule has 2 aromatic carbocycles. The number of nitrogens with two attached hydrogens (primary N) is 1. The zero-order valence-electron chi connectivity index (χ0n) is 15.5. The molecular weight excluding hydrogens is 378 g/mol. The van der Waals surface area contributed by atoms with Crippen molar-refractivity contribution < 1.29 is 19.1 Å². The SMILES string of the molecule is CSCC[C@H](NC(N)=O)C(=O)OCC(=O)Nc1ccc(-c2ccccc2)cc1. The molecule has 1 atom stereocenters. The quantitative estimate of drug-likeness (QED) is 0.560. The Labute approximate surface area is 168 Å². The molecule has 7 nitrogen and oxygen atoms in total. The minimum atomic E-state index is -0.872. The highest BCUT2D eigenvalue weighted by molar-refractivity contribution is 7.98. The lowest BCUT2D eigenvalue weighted by molar-refractivity contribution is -0.149. The fourth-order valence-corrected chi connectivity index (χ4v) is 2.94. The first-order valence-corrected chi connectivity index (χ1v) is 10.1. The van der Waals surface area contributed by atoms with Crippen molar-refractivity contribution in [1.29, 1.82) is 0 Å². The van der Waals surface area contributed by atoms with E-state index in [9.17, 15) is 14.4 Å². The monoisotopic (exact) mass is 401 g/mol. The summed E-state index contributed by atoms with van der Waals surface area (Å²) < 4.78 is 5.00. The molecule has 148 valence electrons. The summed E-state index contributed by atoms with van der Waals surface area (Å²) in [6.07, 6.45) is 2.24. The number of anilines is 1. The smallest absolute Gasteiger partial charge is 0.329 e. The molecule has 4 N–H and O–H groups in total. The van der Waals surface area contributed by atoms with E-state index in [1.165, 1.54) is 11.8 Å². The second kappa shape index (κ2) is 11.0. The number of hydrogen-bond acceptors (Lipinski definition) is 5. The van der Waals surface area contributed by atoms with Crippen LogP contribution in [0.25, 0.3) is 11.1 Å². The Balaban J connectivity index is 1.85. The Bertz CT molecular complexity index is 797. The van der Waals surface area contributed by atoms with Crippen molar-refractivity contribution in [3.8, 4) is 11.1 Å². The fourth-order valence-electron chi connectivity index (χ4n) is 2.47. The van der Waals surface area contributed by atoms with Crippen LogP contribution < -0.4 is 16.4 Å². The van der Waals surface area contributed by atoms with E-state index in [1.54, 1.807) is 12.1 Å². The van der Waals surface area contributed by atoms with Crippen molar-refractivity contribution in [3.63, 3.8) is 0 Å². The largest absolute Gasteiger partial charge is 0.454 e. The lowest BCUT2D eigenvalue weighted by Crippen LogP contribution is -2.45. The van der Waals surface area contributed by atoms with E-state index >= 15 is 0 Å². The average Bonchev–Trinajstić information content (AvgIpc) is 2.70. The molecule has 0 bridgehead atoms. The van der Waals surface area contributed by atoms with Crippen LogP contribution in [-0.2, 0) is 14.3 Å². The number of nitrogens with one attached hydrogen (secondary N) is 2. The highest BCUT2D eigenvalue weighted by Crippen LogP contribution is 2.20. The molecule has 0 heterocycles. The minimum absolute atomic E-state index is 0.367. The van der Waals surface area contributed by atoms with E-state index in [-0.39, 0.29) is 0 Å². The van der Waals surface area contributed by atoms with Gasteiger partial charge in [-0.3, -0.25) is 4.79 Å². The molecule has 0 unspecified atom stereocenters. The van der Waals surface area contributed by atoms with E-state index in [4.69, 9.17) is 10.5 Å². The summed E-state index contributed by atoms with van der Waals surface area (Å²) in [6.45, 7) is -0.449. The van der Waals surface area contributed by atoms with E-state index in [0.29, 0.717) is 17.9 Å². The van der Waals surface area contributed by atoms with Gasteiger partial charge < -0.3 is 21.1 Å². The summed E-state index contributed by atoms with van der Waals surface area (Å²) in [5, 5.41) is 5.00. The molecule has 0 aliphatic carbocycles. The second-order valence-corrected chi connectivity index (χ2v) is 6.93. The number of benzene rings is 2. The standard InChI is InChI=1S/C20H23N3O4S/c1-28-12-11-17(23-20(21)26)19(25)27-13-18(24)22-16-9-7-15(8-10-16)14-5-3-2-4-6-14/h2-10,17H,11-13H2,1H3,(H,22,24)(H3,21,23,26)/t17-/m0/s1. The summed E-state index contributed by atoms with van der Waals surface area (Å²) in [7, 11) is 0. The van der Waals surface area contributed by atoms with E-state index in [1.807, 2.05) is 48.7 Å².